The zero-order valence-electron chi connectivity index (χ0n) is 19.0. The number of nitrogens with zero attached hydrogens (tertiary/aromatic N) is 1. The highest BCUT2D eigenvalue weighted by atomic mass is 32.2. The first-order valence-corrected chi connectivity index (χ1v) is 12.4. The standard InChI is InChI=1S/C25H27NO6S/c1-16-8-10-21-19(13-23(27)32-24(21)18(16)3)15-31-25(28)22-14-20(9-7-17(22)2)33(29,30)26-11-5-4-6-12-26/h7-10,13-14H,4-6,11-12,15H2,1-3H3. The molecule has 33 heavy (non-hydrogen) atoms. The van der Waals surface area contributed by atoms with Gasteiger partial charge in [-0.3, -0.25) is 0 Å². The Morgan fingerprint density at radius 2 is 1.70 bits per heavy atom. The summed E-state index contributed by atoms with van der Waals surface area (Å²) in [5, 5.41) is 0.698. The molecule has 0 atom stereocenters. The maximum atomic E-state index is 13.0. The largest absolute Gasteiger partial charge is 0.457 e. The molecule has 1 aliphatic heterocycles. The van der Waals surface area contributed by atoms with E-state index in [1.54, 1.807) is 13.0 Å². The second kappa shape index (κ2) is 9.11. The van der Waals surface area contributed by atoms with Crippen LogP contribution in [0, 0.1) is 20.8 Å². The van der Waals surface area contributed by atoms with Gasteiger partial charge in [0.15, 0.2) is 0 Å². The van der Waals surface area contributed by atoms with Gasteiger partial charge in [-0.25, -0.2) is 18.0 Å². The zero-order valence-corrected chi connectivity index (χ0v) is 19.8. The van der Waals surface area contributed by atoms with Crippen LogP contribution in [-0.4, -0.2) is 31.8 Å². The van der Waals surface area contributed by atoms with E-state index < -0.39 is 21.6 Å². The van der Waals surface area contributed by atoms with Crippen LogP contribution in [0.2, 0.25) is 0 Å². The molecule has 1 saturated heterocycles. The summed E-state index contributed by atoms with van der Waals surface area (Å²) in [6.07, 6.45) is 2.68. The quantitative estimate of drug-likeness (QED) is 0.410. The molecule has 0 N–H and O–H groups in total. The van der Waals surface area contributed by atoms with Crippen LogP contribution in [0.3, 0.4) is 0 Å². The highest BCUT2D eigenvalue weighted by molar-refractivity contribution is 7.89. The van der Waals surface area contributed by atoms with E-state index in [2.05, 4.69) is 0 Å². The molecule has 8 heteroatoms. The van der Waals surface area contributed by atoms with E-state index in [9.17, 15) is 18.0 Å². The molecule has 2 heterocycles. The minimum absolute atomic E-state index is 0.0823. The van der Waals surface area contributed by atoms with Crippen molar-refractivity contribution in [3.63, 3.8) is 0 Å². The molecule has 0 spiro atoms. The van der Waals surface area contributed by atoms with Crippen molar-refractivity contribution in [2.45, 2.75) is 51.5 Å². The number of benzene rings is 2. The number of carbonyl (C=O) groups is 1. The molecule has 0 aliphatic carbocycles. The van der Waals surface area contributed by atoms with Crippen LogP contribution in [0.4, 0.5) is 0 Å². The fraction of sp³-hybridized carbons (Fsp3) is 0.360. The van der Waals surface area contributed by atoms with Crippen molar-refractivity contribution in [2.24, 2.45) is 0 Å². The van der Waals surface area contributed by atoms with Crippen molar-refractivity contribution < 1.29 is 22.4 Å². The molecule has 0 saturated carbocycles. The lowest BCUT2D eigenvalue weighted by Crippen LogP contribution is -2.35. The van der Waals surface area contributed by atoms with Gasteiger partial charge in [0.2, 0.25) is 10.0 Å². The first-order valence-electron chi connectivity index (χ1n) is 11.0. The fourth-order valence-electron chi connectivity index (χ4n) is 4.10. The van der Waals surface area contributed by atoms with Crippen molar-refractivity contribution in [3.05, 3.63) is 74.6 Å². The van der Waals surface area contributed by atoms with Crippen LogP contribution in [0.15, 0.2) is 50.5 Å². The molecule has 0 bridgehead atoms. The number of sulfonamides is 1. The van der Waals surface area contributed by atoms with Crippen LogP contribution < -0.4 is 5.63 Å². The molecule has 0 amide bonds. The average Bonchev–Trinajstić information content (AvgIpc) is 2.80. The number of aryl methyl sites for hydroxylation is 3. The Morgan fingerprint density at radius 3 is 2.42 bits per heavy atom. The second-order valence-corrected chi connectivity index (χ2v) is 10.4. The molecule has 0 radical (unpaired) electrons. The van der Waals surface area contributed by atoms with Crippen molar-refractivity contribution >= 4 is 27.0 Å². The van der Waals surface area contributed by atoms with Gasteiger partial charge in [0.1, 0.15) is 12.2 Å². The van der Waals surface area contributed by atoms with E-state index >= 15 is 0 Å². The van der Waals surface area contributed by atoms with Crippen LogP contribution in [0.1, 0.15) is 51.9 Å². The van der Waals surface area contributed by atoms with E-state index in [0.29, 0.717) is 35.2 Å². The minimum Gasteiger partial charge on any atom is -0.457 e. The molecule has 1 fully saturated rings. The number of fused-ring (bicyclic) bond motifs is 1. The topological polar surface area (TPSA) is 93.9 Å². The van der Waals surface area contributed by atoms with Crippen molar-refractivity contribution in [1.82, 2.24) is 4.31 Å². The summed E-state index contributed by atoms with van der Waals surface area (Å²) >= 11 is 0. The first kappa shape index (κ1) is 23.2. The summed E-state index contributed by atoms with van der Waals surface area (Å²) in [4.78, 5) is 25.0. The number of carbonyl (C=O) groups excluding carboxylic acids is 1. The molecule has 1 aliphatic rings. The molecule has 4 rings (SSSR count). The Labute approximate surface area is 193 Å². The summed E-state index contributed by atoms with van der Waals surface area (Å²) in [5.74, 6) is -0.645. The molecule has 2 aromatic carbocycles. The van der Waals surface area contributed by atoms with Crippen molar-refractivity contribution in [1.29, 1.82) is 0 Å². The highest BCUT2D eigenvalue weighted by Crippen LogP contribution is 2.26. The summed E-state index contributed by atoms with van der Waals surface area (Å²) in [5.41, 5.74) is 3.13. The third-order valence-electron chi connectivity index (χ3n) is 6.26. The van der Waals surface area contributed by atoms with Crippen molar-refractivity contribution in [3.8, 4) is 0 Å². The lowest BCUT2D eigenvalue weighted by molar-refractivity contribution is 0.0472. The molecule has 7 nitrogen and oxygen atoms in total. The van der Waals surface area contributed by atoms with Crippen LogP contribution in [-0.2, 0) is 21.4 Å². The lowest BCUT2D eigenvalue weighted by Gasteiger charge is -2.26. The van der Waals surface area contributed by atoms with E-state index in [1.165, 1.54) is 22.5 Å². The third-order valence-corrected chi connectivity index (χ3v) is 8.15. The predicted molar refractivity (Wildman–Crippen MR) is 125 cm³/mol. The van der Waals surface area contributed by atoms with Gasteiger partial charge >= 0.3 is 11.6 Å². The molecular weight excluding hydrogens is 442 g/mol. The SMILES string of the molecule is Cc1ccc(S(=O)(=O)N2CCCCC2)cc1C(=O)OCc1cc(=O)oc2c(C)c(C)ccc12. The minimum atomic E-state index is -3.67. The van der Waals surface area contributed by atoms with Crippen LogP contribution >= 0.6 is 0 Å². The number of rotatable bonds is 5. The molecule has 3 aromatic rings. The van der Waals surface area contributed by atoms with Gasteiger partial charge in [0.05, 0.1) is 10.5 Å². The van der Waals surface area contributed by atoms with Gasteiger partial charge in [-0.2, -0.15) is 4.31 Å². The Hall–Kier alpha value is -2.97. The highest BCUT2D eigenvalue weighted by Gasteiger charge is 2.27. The van der Waals surface area contributed by atoms with Gasteiger partial charge in [-0.1, -0.05) is 24.6 Å². The lowest BCUT2D eigenvalue weighted by atomic mass is 10.0. The third kappa shape index (κ3) is 4.58. The van der Waals surface area contributed by atoms with Gasteiger partial charge in [-0.05, 0) is 62.4 Å². The Morgan fingerprint density at radius 1 is 1.00 bits per heavy atom. The van der Waals surface area contributed by atoms with E-state index in [0.717, 1.165) is 30.4 Å². The first-order chi connectivity index (χ1) is 15.7. The van der Waals surface area contributed by atoms with Crippen LogP contribution in [0.5, 0.6) is 0 Å². The summed E-state index contributed by atoms with van der Waals surface area (Å²) in [6, 6.07) is 9.59. The summed E-state index contributed by atoms with van der Waals surface area (Å²) in [6.45, 7) is 6.36. The Kier molecular flexibility index (Phi) is 6.41. The number of esters is 1. The van der Waals surface area contributed by atoms with Gasteiger partial charge in [0.25, 0.3) is 0 Å². The maximum Gasteiger partial charge on any atom is 0.338 e. The smallest absolute Gasteiger partial charge is 0.338 e. The van der Waals surface area contributed by atoms with Crippen molar-refractivity contribution in [2.75, 3.05) is 13.1 Å². The molecule has 1 aromatic heterocycles. The predicted octanol–water partition coefficient (Wildman–Crippen LogP) is 4.25. The summed E-state index contributed by atoms with van der Waals surface area (Å²) < 4.78 is 38.4. The number of piperidine rings is 1. The zero-order chi connectivity index (χ0) is 23.8. The molecule has 0 unspecified atom stereocenters. The van der Waals surface area contributed by atoms with Gasteiger partial charge < -0.3 is 9.15 Å². The van der Waals surface area contributed by atoms with Crippen LogP contribution in [0.25, 0.3) is 11.0 Å². The number of ether oxygens (including phenoxy) is 1. The van der Waals surface area contributed by atoms with E-state index in [1.807, 2.05) is 26.0 Å². The maximum absolute atomic E-state index is 13.0. The van der Waals surface area contributed by atoms with E-state index in [-0.39, 0.29) is 17.1 Å². The average molecular weight is 470 g/mol. The molecule has 174 valence electrons. The normalized spacial score (nSPS) is 15.0. The Balaban J connectivity index is 1.61. The van der Waals surface area contributed by atoms with E-state index in [4.69, 9.17) is 9.15 Å². The number of hydrogen-bond acceptors (Lipinski definition) is 6. The number of hydrogen-bond donors (Lipinski definition) is 0. The van der Waals surface area contributed by atoms with Gasteiger partial charge in [0, 0.05) is 30.1 Å². The van der Waals surface area contributed by atoms with Gasteiger partial charge in [-0.15, -0.1) is 0 Å². The fourth-order valence-corrected chi connectivity index (χ4v) is 5.64. The Bertz CT molecular complexity index is 1380. The second-order valence-electron chi connectivity index (χ2n) is 8.49. The molecular formula is C25H27NO6S. The monoisotopic (exact) mass is 469 g/mol. The summed E-state index contributed by atoms with van der Waals surface area (Å²) in [7, 11) is -3.67.